The van der Waals surface area contributed by atoms with Gasteiger partial charge in [-0.1, -0.05) is 0 Å². The van der Waals surface area contributed by atoms with Gasteiger partial charge in [-0.15, -0.1) is 0 Å². The maximum atomic E-state index is 12.1. The number of nitriles is 1. The molecule has 1 aliphatic heterocycles. The molecule has 132 valence electrons. The van der Waals surface area contributed by atoms with Gasteiger partial charge in [0.15, 0.2) is 0 Å². The van der Waals surface area contributed by atoms with Crippen molar-refractivity contribution < 1.29 is 14.3 Å². The van der Waals surface area contributed by atoms with Gasteiger partial charge in [0.1, 0.15) is 5.60 Å². The Bertz CT molecular complexity index is 448. The molecule has 0 N–H and O–H groups in total. The zero-order valence-corrected chi connectivity index (χ0v) is 15.6. The molecule has 0 spiro atoms. The molecule has 0 aliphatic carbocycles. The van der Waals surface area contributed by atoms with Crippen molar-refractivity contribution in [2.45, 2.75) is 78.4 Å². The minimum atomic E-state index is -0.468. The molecule has 1 unspecified atom stereocenters. The molecular weight excluding hydrogens is 292 g/mol. The summed E-state index contributed by atoms with van der Waals surface area (Å²) in [6, 6.07) is 2.32. The van der Waals surface area contributed by atoms with E-state index in [-0.39, 0.29) is 17.1 Å². The first-order chi connectivity index (χ1) is 10.5. The summed E-state index contributed by atoms with van der Waals surface area (Å²) < 4.78 is 11.4. The van der Waals surface area contributed by atoms with Crippen LogP contribution in [0.25, 0.3) is 0 Å². The molecule has 1 fully saturated rings. The van der Waals surface area contributed by atoms with E-state index in [9.17, 15) is 4.79 Å². The molecule has 0 bridgehead atoms. The first-order valence-electron chi connectivity index (χ1n) is 8.50. The number of nitrogens with zero attached hydrogens (tertiary/aromatic N) is 2. The Morgan fingerprint density at radius 2 is 1.91 bits per heavy atom. The fourth-order valence-electron chi connectivity index (χ4n) is 2.58. The smallest absolute Gasteiger partial charge is 0.410 e. The second-order valence-corrected chi connectivity index (χ2v) is 8.40. The third-order valence-electron chi connectivity index (χ3n) is 4.04. The summed E-state index contributed by atoms with van der Waals surface area (Å²) in [5.41, 5.74) is -1.02. The average Bonchev–Trinajstić information content (AvgIpc) is 2.79. The van der Waals surface area contributed by atoms with Crippen molar-refractivity contribution in [1.82, 2.24) is 4.90 Å². The van der Waals surface area contributed by atoms with E-state index in [1.165, 1.54) is 0 Å². The van der Waals surface area contributed by atoms with Gasteiger partial charge in [0.2, 0.25) is 0 Å². The highest BCUT2D eigenvalue weighted by Gasteiger charge is 2.38. The quantitative estimate of drug-likeness (QED) is 0.689. The van der Waals surface area contributed by atoms with Crippen LogP contribution < -0.4 is 0 Å². The topological polar surface area (TPSA) is 62.6 Å². The molecular formula is C18H32N2O3. The highest BCUT2D eigenvalue weighted by atomic mass is 16.6. The van der Waals surface area contributed by atoms with Crippen molar-refractivity contribution >= 4 is 6.09 Å². The van der Waals surface area contributed by atoms with Crippen molar-refractivity contribution in [3.63, 3.8) is 0 Å². The van der Waals surface area contributed by atoms with E-state index < -0.39 is 5.60 Å². The van der Waals surface area contributed by atoms with Gasteiger partial charge < -0.3 is 14.4 Å². The summed E-state index contributed by atoms with van der Waals surface area (Å²) >= 11 is 0. The molecule has 1 saturated heterocycles. The summed E-state index contributed by atoms with van der Waals surface area (Å²) in [4.78, 5) is 13.8. The standard InChI is InChI=1S/C18H32N2O3/c1-16(2,3)23-15(21)20-11-10-18(6,14-20)22-12-8-7-9-17(4,5)13-19/h7-12,14H2,1-6H3. The molecule has 1 amide bonds. The SMILES string of the molecule is CC(C)(C#N)CCCCOC1(C)CCN(C(=O)OC(C)(C)C)C1. The monoisotopic (exact) mass is 324 g/mol. The predicted molar refractivity (Wildman–Crippen MR) is 90.0 cm³/mol. The summed E-state index contributed by atoms with van der Waals surface area (Å²) in [6.45, 7) is 13.5. The van der Waals surface area contributed by atoms with Crippen LogP contribution in [0.4, 0.5) is 4.79 Å². The lowest BCUT2D eigenvalue weighted by Gasteiger charge is -2.27. The zero-order chi connectivity index (χ0) is 17.7. The lowest BCUT2D eigenvalue weighted by atomic mass is 9.89. The average molecular weight is 324 g/mol. The van der Waals surface area contributed by atoms with Crippen molar-refractivity contribution in [2.75, 3.05) is 19.7 Å². The minimum Gasteiger partial charge on any atom is -0.444 e. The second kappa shape index (κ2) is 7.53. The fourth-order valence-corrected chi connectivity index (χ4v) is 2.58. The summed E-state index contributed by atoms with van der Waals surface area (Å²) in [5.74, 6) is 0. The van der Waals surface area contributed by atoms with Crippen molar-refractivity contribution in [3.05, 3.63) is 0 Å². The number of amides is 1. The Kier molecular flexibility index (Phi) is 6.47. The first kappa shape index (κ1) is 19.8. The molecule has 1 heterocycles. The summed E-state index contributed by atoms with van der Waals surface area (Å²) in [6.07, 6.45) is 3.36. The van der Waals surface area contributed by atoms with Gasteiger partial charge in [-0.25, -0.2) is 4.79 Å². The third-order valence-corrected chi connectivity index (χ3v) is 4.04. The van der Waals surface area contributed by atoms with Crippen LogP contribution in [-0.4, -0.2) is 41.9 Å². The van der Waals surface area contributed by atoms with Gasteiger partial charge in [-0.3, -0.25) is 0 Å². The van der Waals surface area contributed by atoms with Gasteiger partial charge in [0, 0.05) is 13.2 Å². The van der Waals surface area contributed by atoms with Crippen LogP contribution in [0.1, 0.15) is 67.2 Å². The number of hydrogen-bond acceptors (Lipinski definition) is 4. The van der Waals surface area contributed by atoms with Gasteiger partial charge in [0.05, 0.1) is 23.6 Å². The van der Waals surface area contributed by atoms with Crippen LogP contribution in [0.15, 0.2) is 0 Å². The molecule has 5 heteroatoms. The summed E-state index contributed by atoms with van der Waals surface area (Å²) in [5, 5.41) is 9.00. The van der Waals surface area contributed by atoms with Crippen molar-refractivity contribution in [3.8, 4) is 6.07 Å². The van der Waals surface area contributed by atoms with E-state index in [0.29, 0.717) is 19.7 Å². The molecule has 0 radical (unpaired) electrons. The lowest BCUT2D eigenvalue weighted by molar-refractivity contribution is -0.0289. The maximum Gasteiger partial charge on any atom is 0.410 e. The summed E-state index contributed by atoms with van der Waals surface area (Å²) in [7, 11) is 0. The van der Waals surface area contributed by atoms with Gasteiger partial charge in [0.25, 0.3) is 0 Å². The van der Waals surface area contributed by atoms with Crippen LogP contribution in [0.5, 0.6) is 0 Å². The van der Waals surface area contributed by atoms with E-state index in [1.54, 1.807) is 4.90 Å². The van der Waals surface area contributed by atoms with Gasteiger partial charge >= 0.3 is 6.09 Å². The molecule has 1 atom stereocenters. The zero-order valence-electron chi connectivity index (χ0n) is 15.6. The number of likely N-dealkylation sites (tertiary alicyclic amines) is 1. The Hall–Kier alpha value is -1.28. The molecule has 1 rings (SSSR count). The Labute approximate surface area is 140 Å². The normalized spacial score (nSPS) is 22.0. The van der Waals surface area contributed by atoms with E-state index >= 15 is 0 Å². The highest BCUT2D eigenvalue weighted by molar-refractivity contribution is 5.68. The second-order valence-electron chi connectivity index (χ2n) is 8.40. The number of hydrogen-bond donors (Lipinski definition) is 0. The van der Waals surface area contributed by atoms with Crippen LogP contribution >= 0.6 is 0 Å². The molecule has 5 nitrogen and oxygen atoms in total. The van der Waals surface area contributed by atoms with Crippen molar-refractivity contribution in [1.29, 1.82) is 5.26 Å². The molecule has 0 aromatic carbocycles. The lowest BCUT2D eigenvalue weighted by Crippen LogP contribution is -2.39. The van der Waals surface area contributed by atoms with Crippen LogP contribution in [0.2, 0.25) is 0 Å². The van der Waals surface area contributed by atoms with E-state index in [1.807, 2.05) is 34.6 Å². The number of unbranched alkanes of at least 4 members (excludes halogenated alkanes) is 1. The maximum absolute atomic E-state index is 12.1. The number of carbonyl (C=O) groups excluding carboxylic acids is 1. The van der Waals surface area contributed by atoms with E-state index in [4.69, 9.17) is 14.7 Å². The van der Waals surface area contributed by atoms with E-state index in [2.05, 4.69) is 13.0 Å². The Morgan fingerprint density at radius 1 is 1.26 bits per heavy atom. The van der Waals surface area contributed by atoms with E-state index in [0.717, 1.165) is 25.7 Å². The van der Waals surface area contributed by atoms with Crippen LogP contribution in [0.3, 0.4) is 0 Å². The molecule has 23 heavy (non-hydrogen) atoms. The fraction of sp³-hybridized carbons (Fsp3) is 0.889. The molecule has 0 aromatic rings. The highest BCUT2D eigenvalue weighted by Crippen LogP contribution is 2.27. The largest absolute Gasteiger partial charge is 0.444 e. The minimum absolute atomic E-state index is 0.259. The third kappa shape index (κ3) is 7.22. The predicted octanol–water partition coefficient (Wildman–Crippen LogP) is 4.12. The number of rotatable bonds is 6. The van der Waals surface area contributed by atoms with Crippen LogP contribution in [-0.2, 0) is 9.47 Å². The molecule has 0 aromatic heterocycles. The molecule has 0 saturated carbocycles. The molecule has 1 aliphatic rings. The first-order valence-corrected chi connectivity index (χ1v) is 8.50. The van der Waals surface area contributed by atoms with Crippen molar-refractivity contribution in [2.24, 2.45) is 5.41 Å². The number of ether oxygens (including phenoxy) is 2. The number of carbonyl (C=O) groups is 1. The van der Waals surface area contributed by atoms with Gasteiger partial charge in [-0.05, 0) is 67.2 Å². The van der Waals surface area contributed by atoms with Crippen LogP contribution in [0, 0.1) is 16.7 Å². The Morgan fingerprint density at radius 3 is 2.48 bits per heavy atom. The van der Waals surface area contributed by atoms with Gasteiger partial charge in [-0.2, -0.15) is 5.26 Å². The Balaban J connectivity index is 2.31.